The van der Waals surface area contributed by atoms with Crippen molar-refractivity contribution in [3.63, 3.8) is 0 Å². The molecule has 1 saturated heterocycles. The zero-order valence-corrected chi connectivity index (χ0v) is 22.4. The van der Waals surface area contributed by atoms with E-state index in [2.05, 4.69) is 39.9 Å². The topological polar surface area (TPSA) is 121 Å². The fourth-order valence-corrected chi connectivity index (χ4v) is 5.05. The van der Waals surface area contributed by atoms with E-state index in [9.17, 15) is 9.59 Å². The van der Waals surface area contributed by atoms with Crippen molar-refractivity contribution in [2.24, 2.45) is 0 Å². The maximum absolute atomic E-state index is 12.0. The van der Waals surface area contributed by atoms with Gasteiger partial charge >= 0.3 is 11.7 Å². The van der Waals surface area contributed by atoms with Crippen LogP contribution in [0.2, 0.25) is 0 Å². The quantitative estimate of drug-likeness (QED) is 0.196. The number of nitrogens with two attached hydrogens (primary N) is 1. The van der Waals surface area contributed by atoms with Gasteiger partial charge in [0.05, 0.1) is 0 Å². The van der Waals surface area contributed by atoms with Crippen LogP contribution in [0.15, 0.2) is 47.4 Å². The SMILES string of the molecule is Nc1ccn([C@@H]2CS[C@H](COC(=O)CCCCCNCCCCCCNCc3ccccc3)O2)c(=O)n1. The highest BCUT2D eigenvalue weighted by molar-refractivity contribution is 8.00. The van der Waals surface area contributed by atoms with E-state index in [4.69, 9.17) is 15.2 Å². The number of aromatic nitrogens is 2. The number of benzene rings is 1. The molecule has 2 aromatic rings. The second-order valence-electron chi connectivity index (χ2n) is 9.22. The van der Waals surface area contributed by atoms with E-state index in [0.717, 1.165) is 45.4 Å². The predicted octanol–water partition coefficient (Wildman–Crippen LogP) is 3.46. The molecule has 9 nitrogen and oxygen atoms in total. The lowest BCUT2D eigenvalue weighted by atomic mass is 10.1. The molecule has 1 aliphatic heterocycles. The summed E-state index contributed by atoms with van der Waals surface area (Å²) in [5.41, 5.74) is 6.13. The van der Waals surface area contributed by atoms with Gasteiger partial charge in [-0.25, -0.2) is 4.79 Å². The molecule has 0 amide bonds. The lowest BCUT2D eigenvalue weighted by molar-refractivity contribution is -0.147. The van der Waals surface area contributed by atoms with Gasteiger partial charge in [-0.2, -0.15) is 4.98 Å². The average molecular weight is 532 g/mol. The van der Waals surface area contributed by atoms with Crippen molar-refractivity contribution in [1.29, 1.82) is 0 Å². The van der Waals surface area contributed by atoms with Gasteiger partial charge in [-0.05, 0) is 56.9 Å². The minimum Gasteiger partial charge on any atom is -0.462 e. The first-order chi connectivity index (χ1) is 18.1. The van der Waals surface area contributed by atoms with E-state index < -0.39 is 11.9 Å². The molecule has 204 valence electrons. The smallest absolute Gasteiger partial charge is 0.351 e. The standard InChI is InChI=1S/C27H41N5O4S/c28-23-14-18-32(27(34)31-23)24-21-37-26(36-24)20-35-25(33)13-7-4-10-16-29-15-8-1-2-9-17-30-19-22-11-5-3-6-12-22/h3,5-6,11-12,14,18,24,26,29-30H,1-2,4,7-10,13,15-17,19-21H2,(H2,28,31,34)/t24-,26+/m0/s1. The summed E-state index contributed by atoms with van der Waals surface area (Å²) in [6.45, 7) is 4.24. The number of esters is 1. The maximum Gasteiger partial charge on any atom is 0.351 e. The van der Waals surface area contributed by atoms with Crippen LogP contribution in [0.4, 0.5) is 5.82 Å². The van der Waals surface area contributed by atoms with Crippen molar-refractivity contribution in [3.05, 3.63) is 58.6 Å². The van der Waals surface area contributed by atoms with Crippen LogP contribution >= 0.6 is 11.8 Å². The van der Waals surface area contributed by atoms with Crippen LogP contribution in [0, 0.1) is 0 Å². The number of hydrogen-bond donors (Lipinski definition) is 3. The number of carbonyl (C=O) groups excluding carboxylic acids is 1. The Morgan fingerprint density at radius 2 is 1.73 bits per heavy atom. The van der Waals surface area contributed by atoms with Crippen molar-refractivity contribution in [3.8, 4) is 0 Å². The molecule has 0 aliphatic carbocycles. The van der Waals surface area contributed by atoms with Gasteiger partial charge in [-0.1, -0.05) is 49.6 Å². The molecule has 10 heteroatoms. The first kappa shape index (κ1) is 29.2. The van der Waals surface area contributed by atoms with E-state index in [1.54, 1.807) is 12.3 Å². The first-order valence-electron chi connectivity index (χ1n) is 13.3. The fraction of sp³-hybridized carbons (Fsp3) is 0.593. The summed E-state index contributed by atoms with van der Waals surface area (Å²) in [6, 6.07) is 12.1. The zero-order chi connectivity index (χ0) is 26.1. The van der Waals surface area contributed by atoms with Crippen molar-refractivity contribution in [1.82, 2.24) is 20.2 Å². The number of carbonyl (C=O) groups is 1. The summed E-state index contributed by atoms with van der Waals surface area (Å²) >= 11 is 1.52. The van der Waals surface area contributed by atoms with Crippen LogP contribution in [0.25, 0.3) is 0 Å². The van der Waals surface area contributed by atoms with Gasteiger partial charge in [0.15, 0.2) is 0 Å². The Morgan fingerprint density at radius 1 is 1.03 bits per heavy atom. The lowest BCUT2D eigenvalue weighted by Crippen LogP contribution is -2.29. The number of nitrogens with zero attached hydrogens (tertiary/aromatic N) is 2. The molecule has 1 aromatic carbocycles. The Labute approximate surface area is 223 Å². The van der Waals surface area contributed by atoms with E-state index in [0.29, 0.717) is 12.2 Å². The lowest BCUT2D eigenvalue weighted by Gasteiger charge is -2.14. The third-order valence-electron chi connectivity index (χ3n) is 6.14. The average Bonchev–Trinajstić information content (AvgIpc) is 3.37. The van der Waals surface area contributed by atoms with E-state index in [-0.39, 0.29) is 23.8 Å². The zero-order valence-electron chi connectivity index (χ0n) is 21.6. The maximum atomic E-state index is 12.0. The van der Waals surface area contributed by atoms with E-state index in [1.807, 2.05) is 6.07 Å². The Bertz CT molecular complexity index is 975. The molecule has 2 atom stereocenters. The van der Waals surface area contributed by atoms with Crippen LogP contribution in [-0.2, 0) is 20.8 Å². The van der Waals surface area contributed by atoms with Gasteiger partial charge in [-0.3, -0.25) is 9.36 Å². The van der Waals surface area contributed by atoms with Crippen molar-refractivity contribution >= 4 is 23.5 Å². The molecule has 1 fully saturated rings. The normalized spacial score (nSPS) is 17.2. The number of hydrogen-bond acceptors (Lipinski definition) is 9. The second-order valence-corrected chi connectivity index (χ2v) is 10.4. The summed E-state index contributed by atoms with van der Waals surface area (Å²) < 4.78 is 12.6. The largest absolute Gasteiger partial charge is 0.462 e. The van der Waals surface area contributed by atoms with E-state index >= 15 is 0 Å². The highest BCUT2D eigenvalue weighted by Crippen LogP contribution is 2.31. The molecule has 0 unspecified atom stereocenters. The molecule has 1 aliphatic rings. The molecule has 1 aromatic heterocycles. The third kappa shape index (κ3) is 11.7. The number of unbranched alkanes of at least 4 members (excludes halogenated alkanes) is 5. The number of nitrogen functional groups attached to an aromatic ring is 1. The highest BCUT2D eigenvalue weighted by Gasteiger charge is 2.29. The summed E-state index contributed by atoms with van der Waals surface area (Å²) in [5.74, 6) is 0.569. The number of ether oxygens (including phenoxy) is 2. The molecular weight excluding hydrogens is 490 g/mol. The highest BCUT2D eigenvalue weighted by atomic mass is 32.2. The molecular formula is C27H41N5O4S. The summed E-state index contributed by atoms with van der Waals surface area (Å²) in [7, 11) is 0. The van der Waals surface area contributed by atoms with Crippen molar-refractivity contribution in [2.75, 3.05) is 37.7 Å². The molecule has 0 spiro atoms. The van der Waals surface area contributed by atoms with Crippen LogP contribution < -0.4 is 22.1 Å². The van der Waals surface area contributed by atoms with Gasteiger partial charge in [-0.15, -0.1) is 11.8 Å². The van der Waals surface area contributed by atoms with Crippen molar-refractivity contribution in [2.45, 2.75) is 69.6 Å². The molecule has 0 saturated carbocycles. The predicted molar refractivity (Wildman–Crippen MR) is 148 cm³/mol. The van der Waals surface area contributed by atoms with Gasteiger partial charge in [0.2, 0.25) is 0 Å². The minimum atomic E-state index is -0.444. The van der Waals surface area contributed by atoms with Crippen LogP contribution in [-0.4, -0.2) is 53.0 Å². The number of nitrogens with one attached hydrogen (secondary N) is 2. The Hall–Kier alpha value is -2.40. The molecule has 4 N–H and O–H groups in total. The van der Waals surface area contributed by atoms with Crippen LogP contribution in [0.5, 0.6) is 0 Å². The van der Waals surface area contributed by atoms with Gasteiger partial charge in [0.25, 0.3) is 0 Å². The summed E-state index contributed by atoms with van der Waals surface area (Å²) in [4.78, 5) is 27.7. The minimum absolute atomic E-state index is 0.182. The summed E-state index contributed by atoms with van der Waals surface area (Å²) in [5, 5.41) is 7.00. The third-order valence-corrected chi connectivity index (χ3v) is 7.24. The number of anilines is 1. The number of thioether (sulfide) groups is 1. The first-order valence-corrected chi connectivity index (χ1v) is 14.4. The Balaban J connectivity index is 1.08. The summed E-state index contributed by atoms with van der Waals surface area (Å²) in [6.07, 6.45) is 9.38. The fourth-order valence-electron chi connectivity index (χ4n) is 4.06. The van der Waals surface area contributed by atoms with Gasteiger partial charge < -0.3 is 25.8 Å². The second kappa shape index (κ2) is 17.2. The van der Waals surface area contributed by atoms with Crippen molar-refractivity contribution < 1.29 is 14.3 Å². The molecule has 0 radical (unpaired) electrons. The van der Waals surface area contributed by atoms with Crippen LogP contribution in [0.1, 0.15) is 63.2 Å². The molecule has 0 bridgehead atoms. The van der Waals surface area contributed by atoms with Crippen LogP contribution in [0.3, 0.4) is 0 Å². The van der Waals surface area contributed by atoms with Gasteiger partial charge in [0, 0.05) is 24.9 Å². The Morgan fingerprint density at radius 3 is 2.46 bits per heavy atom. The molecule has 2 heterocycles. The monoisotopic (exact) mass is 531 g/mol. The molecule has 3 rings (SSSR count). The number of rotatable bonds is 18. The Kier molecular flexibility index (Phi) is 13.5. The molecule has 37 heavy (non-hydrogen) atoms. The van der Waals surface area contributed by atoms with E-state index in [1.165, 1.54) is 47.6 Å². The van der Waals surface area contributed by atoms with Gasteiger partial charge in [0.1, 0.15) is 24.1 Å².